The highest BCUT2D eigenvalue weighted by Gasteiger charge is 1.91. The molecule has 0 aromatic carbocycles. The van der Waals surface area contributed by atoms with Gasteiger partial charge in [0.2, 0.25) is 6.20 Å². The zero-order chi connectivity index (χ0) is 10.3. The van der Waals surface area contributed by atoms with Crippen molar-refractivity contribution in [2.24, 2.45) is 0 Å². The first-order valence-electron chi connectivity index (χ1n) is 3.44. The van der Waals surface area contributed by atoms with Gasteiger partial charge in [0.25, 0.3) is 11.5 Å². The van der Waals surface area contributed by atoms with Crippen molar-refractivity contribution in [2.75, 3.05) is 6.61 Å². The van der Waals surface area contributed by atoms with Crippen molar-refractivity contribution >= 4 is 5.97 Å². The number of carboxylic acids is 1. The number of nitrogens with zero attached hydrogens (tertiary/aromatic N) is 2. The summed E-state index contributed by atoms with van der Waals surface area (Å²) in [5.74, 6) is -0.833. The number of hydrogen-bond donors (Lipinski definition) is 3. The molecule has 0 atom stereocenters. The molecule has 7 heteroatoms. The second kappa shape index (κ2) is 5.95. The van der Waals surface area contributed by atoms with Crippen LogP contribution in [0.4, 0.5) is 0 Å². The summed E-state index contributed by atoms with van der Waals surface area (Å²) >= 11 is 0. The number of aliphatic hydroxyl groups excluding tert-OH is 1. The van der Waals surface area contributed by atoms with Crippen LogP contribution in [0.3, 0.4) is 0 Å². The maximum absolute atomic E-state index is 9.00. The summed E-state index contributed by atoms with van der Waals surface area (Å²) in [6.45, 7) is 1.47. The van der Waals surface area contributed by atoms with Crippen LogP contribution in [0.5, 0.6) is 0 Å². The molecule has 0 aliphatic heterocycles. The maximum atomic E-state index is 9.00. The Morgan fingerprint density at radius 3 is 2.69 bits per heavy atom. The fourth-order valence-electron chi connectivity index (χ4n) is 0.487. The van der Waals surface area contributed by atoms with Crippen LogP contribution in [-0.2, 0) is 11.3 Å². The SMILES string of the molecule is CC(=O)O.N=c1c[n+](CCO)[n-]o1. The highest BCUT2D eigenvalue weighted by atomic mass is 16.5. The van der Waals surface area contributed by atoms with Crippen LogP contribution in [-0.4, -0.2) is 22.8 Å². The van der Waals surface area contributed by atoms with Crippen LogP contribution in [0, 0.1) is 5.41 Å². The number of rotatable bonds is 2. The van der Waals surface area contributed by atoms with Crippen molar-refractivity contribution in [3.63, 3.8) is 0 Å². The summed E-state index contributed by atoms with van der Waals surface area (Å²) in [5.41, 5.74) is 0.00319. The predicted octanol–water partition coefficient (Wildman–Crippen LogP) is -1.91. The van der Waals surface area contributed by atoms with Crippen molar-refractivity contribution in [1.29, 1.82) is 5.41 Å². The van der Waals surface area contributed by atoms with Crippen molar-refractivity contribution < 1.29 is 24.2 Å². The van der Waals surface area contributed by atoms with Crippen LogP contribution >= 0.6 is 0 Å². The maximum Gasteiger partial charge on any atom is 0.300 e. The molecule has 13 heavy (non-hydrogen) atoms. The molecule has 0 aliphatic carbocycles. The number of aromatic nitrogens is 2. The molecule has 0 fully saturated rings. The average Bonchev–Trinajstić information content (AvgIpc) is 2.35. The fraction of sp³-hybridized carbons (Fsp3) is 0.500. The molecule has 0 saturated heterocycles. The first kappa shape index (κ1) is 11.4. The third-order valence-electron chi connectivity index (χ3n) is 0.839. The predicted molar refractivity (Wildman–Crippen MR) is 38.5 cm³/mol. The summed E-state index contributed by atoms with van der Waals surface area (Å²) in [7, 11) is 0. The van der Waals surface area contributed by atoms with Crippen LogP contribution in [0.1, 0.15) is 6.92 Å². The molecule has 74 valence electrons. The van der Waals surface area contributed by atoms with E-state index in [1.807, 2.05) is 0 Å². The number of aliphatic hydroxyl groups is 1. The smallest absolute Gasteiger partial charge is 0.300 e. The Labute approximate surface area is 73.7 Å². The Morgan fingerprint density at radius 2 is 2.38 bits per heavy atom. The Balaban J connectivity index is 0.000000310. The quantitative estimate of drug-likeness (QED) is 0.470. The first-order chi connectivity index (χ1) is 6.06. The molecule has 0 radical (unpaired) electrons. The minimum atomic E-state index is -0.833. The number of nitrogens with one attached hydrogen (secondary N) is 1. The molecule has 0 bridgehead atoms. The van der Waals surface area contributed by atoms with Gasteiger partial charge in [-0.2, -0.15) is 0 Å². The molecule has 1 aromatic heterocycles. The van der Waals surface area contributed by atoms with Gasteiger partial charge in [-0.15, -0.1) is 0 Å². The van der Waals surface area contributed by atoms with E-state index in [0.717, 1.165) is 6.92 Å². The van der Waals surface area contributed by atoms with Crippen molar-refractivity contribution in [3.05, 3.63) is 11.8 Å². The second-order valence-electron chi connectivity index (χ2n) is 2.07. The third kappa shape index (κ3) is 6.76. The first-order valence-corrected chi connectivity index (χ1v) is 3.44. The molecule has 0 unspecified atom stereocenters. The van der Waals surface area contributed by atoms with Gasteiger partial charge in [-0.1, -0.05) is 0 Å². The molecular weight excluding hydrogens is 178 g/mol. The average molecular weight is 189 g/mol. The standard InChI is InChI=1S/C4H7N3O2.C2H4O2/c5-4-3-7(1-2-8)6-9-4;1-2(3)4/h3,5,8H,1-2H2;1H3,(H,3,4). The molecule has 1 aromatic rings. The van der Waals surface area contributed by atoms with E-state index in [1.165, 1.54) is 10.9 Å². The lowest BCUT2D eigenvalue weighted by atomic mass is 10.7. The second-order valence-corrected chi connectivity index (χ2v) is 2.07. The number of aliphatic carboxylic acids is 1. The molecular formula is C6H11N3O4. The Kier molecular flexibility index (Phi) is 5.20. The van der Waals surface area contributed by atoms with Gasteiger partial charge in [-0.05, 0) is 0 Å². The molecule has 1 rings (SSSR count). The van der Waals surface area contributed by atoms with E-state index >= 15 is 0 Å². The number of carbonyl (C=O) groups is 1. The van der Waals surface area contributed by atoms with Gasteiger partial charge in [0.15, 0.2) is 6.54 Å². The summed E-state index contributed by atoms with van der Waals surface area (Å²) in [5, 5.41) is 26.0. The monoisotopic (exact) mass is 189 g/mol. The van der Waals surface area contributed by atoms with Gasteiger partial charge < -0.3 is 14.7 Å². The third-order valence-corrected chi connectivity index (χ3v) is 0.839. The molecule has 0 amide bonds. The summed E-state index contributed by atoms with van der Waals surface area (Å²) in [6.07, 6.45) is 1.40. The lowest BCUT2D eigenvalue weighted by molar-refractivity contribution is -0.768. The van der Waals surface area contributed by atoms with E-state index in [1.54, 1.807) is 0 Å². The normalized spacial score (nSPS) is 8.77. The topological polar surface area (TPSA) is 113 Å². The van der Waals surface area contributed by atoms with Gasteiger partial charge in [-0.3, -0.25) is 15.5 Å². The summed E-state index contributed by atoms with van der Waals surface area (Å²) in [4.78, 5) is 9.00. The summed E-state index contributed by atoms with van der Waals surface area (Å²) < 4.78 is 5.75. The van der Waals surface area contributed by atoms with Crippen LogP contribution in [0.25, 0.3) is 0 Å². The largest absolute Gasteiger partial charge is 0.487 e. The minimum Gasteiger partial charge on any atom is -0.487 e. The molecule has 0 saturated carbocycles. The van der Waals surface area contributed by atoms with E-state index in [0.29, 0.717) is 6.54 Å². The van der Waals surface area contributed by atoms with E-state index in [9.17, 15) is 0 Å². The highest BCUT2D eigenvalue weighted by molar-refractivity contribution is 5.62. The van der Waals surface area contributed by atoms with Crippen LogP contribution in [0.2, 0.25) is 0 Å². The molecule has 3 N–H and O–H groups in total. The van der Waals surface area contributed by atoms with Gasteiger partial charge in [0.05, 0.1) is 0 Å². The van der Waals surface area contributed by atoms with Crippen molar-refractivity contribution in [3.8, 4) is 0 Å². The zero-order valence-electron chi connectivity index (χ0n) is 7.10. The Hall–Kier alpha value is -1.63. The zero-order valence-corrected chi connectivity index (χ0v) is 7.10. The molecule has 7 nitrogen and oxygen atoms in total. The van der Waals surface area contributed by atoms with Gasteiger partial charge in [0.1, 0.15) is 6.61 Å². The van der Waals surface area contributed by atoms with Gasteiger partial charge >= 0.3 is 0 Å². The number of carboxylic acid groups (broad SMARTS) is 1. The molecule has 0 aliphatic rings. The van der Waals surface area contributed by atoms with Crippen molar-refractivity contribution in [2.45, 2.75) is 13.5 Å². The summed E-state index contributed by atoms with van der Waals surface area (Å²) in [6, 6.07) is 0. The Bertz CT molecular complexity index is 299. The van der Waals surface area contributed by atoms with E-state index in [2.05, 4.69) is 9.79 Å². The Morgan fingerprint density at radius 1 is 1.85 bits per heavy atom. The van der Waals surface area contributed by atoms with Gasteiger partial charge in [0, 0.05) is 6.92 Å². The fourth-order valence-corrected chi connectivity index (χ4v) is 0.487. The highest BCUT2D eigenvalue weighted by Crippen LogP contribution is 1.57. The van der Waals surface area contributed by atoms with E-state index < -0.39 is 5.97 Å². The van der Waals surface area contributed by atoms with Gasteiger partial charge in [-0.25, -0.2) is 4.68 Å². The van der Waals surface area contributed by atoms with Crippen molar-refractivity contribution in [1.82, 2.24) is 5.27 Å². The lowest BCUT2D eigenvalue weighted by Gasteiger charge is -1.89. The van der Waals surface area contributed by atoms with E-state index in [-0.39, 0.29) is 12.2 Å². The van der Waals surface area contributed by atoms with Crippen LogP contribution < -0.4 is 15.5 Å². The number of hydrogen-bond acceptors (Lipinski definition) is 4. The molecule has 0 spiro atoms. The van der Waals surface area contributed by atoms with Crippen LogP contribution in [0.15, 0.2) is 10.7 Å². The lowest BCUT2D eigenvalue weighted by Crippen LogP contribution is -2.38. The minimum absolute atomic E-state index is 0.00319. The van der Waals surface area contributed by atoms with E-state index in [4.69, 9.17) is 20.4 Å². The molecule has 1 heterocycles.